The van der Waals surface area contributed by atoms with E-state index in [0.717, 1.165) is 10.6 Å². The predicted molar refractivity (Wildman–Crippen MR) is 82.2 cm³/mol. The molecule has 7 heteroatoms. The lowest BCUT2D eigenvalue weighted by Gasteiger charge is -2.06. The highest BCUT2D eigenvalue weighted by Crippen LogP contribution is 2.26. The van der Waals surface area contributed by atoms with E-state index in [2.05, 4.69) is 20.4 Å². The Labute approximate surface area is 126 Å². The van der Waals surface area contributed by atoms with Crippen LogP contribution in [0.3, 0.4) is 0 Å². The van der Waals surface area contributed by atoms with Crippen LogP contribution in [0.25, 0.3) is 0 Å². The number of nitrogens with one attached hydrogen (secondary N) is 2. The number of nitrogens with zero attached hydrogens (tertiary/aromatic N) is 1. The van der Waals surface area contributed by atoms with Crippen molar-refractivity contribution in [1.29, 1.82) is 0 Å². The van der Waals surface area contributed by atoms with E-state index in [4.69, 9.17) is 0 Å². The van der Waals surface area contributed by atoms with E-state index in [0.29, 0.717) is 16.5 Å². The quantitative estimate of drug-likeness (QED) is 0.849. The van der Waals surface area contributed by atoms with Crippen LogP contribution in [0.1, 0.15) is 22.3 Å². The molecule has 2 aromatic rings. The summed E-state index contributed by atoms with van der Waals surface area (Å²) in [5, 5.41) is 6.40. The third-order valence-corrected chi connectivity index (χ3v) is 3.50. The predicted octanol–water partition coefficient (Wildman–Crippen LogP) is 2.94. The Hall–Kier alpha value is -2.41. The van der Waals surface area contributed by atoms with Crippen molar-refractivity contribution < 1.29 is 14.3 Å². The Balaban J connectivity index is 2.18. The van der Waals surface area contributed by atoms with E-state index >= 15 is 0 Å². The van der Waals surface area contributed by atoms with Crippen molar-refractivity contribution in [2.24, 2.45) is 0 Å². The molecule has 0 radical (unpaired) electrons. The first-order chi connectivity index (χ1) is 9.99. The van der Waals surface area contributed by atoms with Gasteiger partial charge in [0.25, 0.3) is 0 Å². The molecular weight excluding hydrogens is 290 g/mol. The number of amides is 1. The summed E-state index contributed by atoms with van der Waals surface area (Å²) in [6, 6.07) is 7.24. The van der Waals surface area contributed by atoms with Crippen LogP contribution >= 0.6 is 11.3 Å². The summed E-state index contributed by atoms with van der Waals surface area (Å²) in [7, 11) is 1.32. The van der Waals surface area contributed by atoms with E-state index in [-0.39, 0.29) is 5.91 Å². The average molecular weight is 305 g/mol. The van der Waals surface area contributed by atoms with Gasteiger partial charge in [-0.1, -0.05) is 6.07 Å². The van der Waals surface area contributed by atoms with Gasteiger partial charge in [-0.25, -0.2) is 9.78 Å². The van der Waals surface area contributed by atoms with Crippen LogP contribution in [0.5, 0.6) is 0 Å². The number of carbonyl (C=O) groups excluding carboxylic acids is 2. The van der Waals surface area contributed by atoms with Crippen LogP contribution in [-0.4, -0.2) is 24.0 Å². The van der Waals surface area contributed by atoms with Crippen molar-refractivity contribution in [3.05, 3.63) is 34.8 Å². The van der Waals surface area contributed by atoms with Gasteiger partial charge in [0, 0.05) is 23.2 Å². The number of hydrogen-bond acceptors (Lipinski definition) is 6. The van der Waals surface area contributed by atoms with E-state index in [1.807, 2.05) is 19.1 Å². The Bertz CT molecular complexity index is 682. The number of aromatic nitrogens is 1. The highest BCUT2D eigenvalue weighted by atomic mass is 32.1. The van der Waals surface area contributed by atoms with Crippen molar-refractivity contribution in [3.63, 3.8) is 0 Å². The van der Waals surface area contributed by atoms with E-state index in [1.165, 1.54) is 25.4 Å². The molecule has 1 heterocycles. The molecule has 0 aliphatic rings. The normalized spacial score (nSPS) is 10.0. The molecule has 110 valence electrons. The number of rotatable bonds is 4. The van der Waals surface area contributed by atoms with Gasteiger partial charge < -0.3 is 15.4 Å². The van der Waals surface area contributed by atoms with Crippen molar-refractivity contribution in [2.75, 3.05) is 17.7 Å². The lowest BCUT2D eigenvalue weighted by molar-refractivity contribution is -0.114. The number of hydrogen-bond donors (Lipinski definition) is 2. The molecular formula is C14H15N3O3S. The second-order valence-corrected chi connectivity index (χ2v) is 5.51. The molecule has 2 N–H and O–H groups in total. The second kappa shape index (κ2) is 6.36. The molecule has 0 saturated heterocycles. The van der Waals surface area contributed by atoms with Gasteiger partial charge in [0.15, 0.2) is 10.8 Å². The topological polar surface area (TPSA) is 80.3 Å². The summed E-state index contributed by atoms with van der Waals surface area (Å²) >= 11 is 1.36. The summed E-state index contributed by atoms with van der Waals surface area (Å²) in [6.07, 6.45) is 0. The van der Waals surface area contributed by atoms with Gasteiger partial charge in [-0.15, -0.1) is 11.3 Å². The molecule has 0 spiro atoms. The monoisotopic (exact) mass is 305 g/mol. The minimum absolute atomic E-state index is 0.134. The summed E-state index contributed by atoms with van der Waals surface area (Å²) in [6.45, 7) is 3.26. The van der Waals surface area contributed by atoms with Crippen LogP contribution in [-0.2, 0) is 9.53 Å². The Kier molecular flexibility index (Phi) is 4.54. The summed E-state index contributed by atoms with van der Waals surface area (Å²) in [4.78, 5) is 27.6. The van der Waals surface area contributed by atoms with Gasteiger partial charge >= 0.3 is 5.97 Å². The molecule has 1 aromatic heterocycles. The number of carbonyl (C=O) groups is 2. The average Bonchev–Trinajstić information content (AvgIpc) is 2.78. The maximum absolute atomic E-state index is 11.5. The lowest BCUT2D eigenvalue weighted by Crippen LogP contribution is -2.05. The molecule has 1 aromatic carbocycles. The zero-order valence-corrected chi connectivity index (χ0v) is 12.7. The number of anilines is 3. The minimum Gasteiger partial charge on any atom is -0.464 e. The highest BCUT2D eigenvalue weighted by Gasteiger charge is 2.15. The molecule has 21 heavy (non-hydrogen) atoms. The molecule has 0 aliphatic carbocycles. The van der Waals surface area contributed by atoms with E-state index < -0.39 is 5.97 Å². The number of esters is 1. The third kappa shape index (κ3) is 3.79. The molecule has 0 unspecified atom stereocenters. The first kappa shape index (κ1) is 15.0. The molecule has 0 aliphatic heterocycles. The zero-order valence-electron chi connectivity index (χ0n) is 11.9. The highest BCUT2D eigenvalue weighted by molar-refractivity contribution is 7.15. The number of ether oxygens (including phenoxy) is 1. The maximum Gasteiger partial charge on any atom is 0.357 e. The van der Waals surface area contributed by atoms with E-state index in [9.17, 15) is 9.59 Å². The van der Waals surface area contributed by atoms with Crippen LogP contribution in [0.2, 0.25) is 0 Å². The number of aryl methyl sites for hydroxylation is 1. The summed E-state index contributed by atoms with van der Waals surface area (Å²) in [5.41, 5.74) is 1.77. The molecule has 2 rings (SSSR count). The summed E-state index contributed by atoms with van der Waals surface area (Å²) < 4.78 is 4.67. The van der Waals surface area contributed by atoms with E-state index in [1.54, 1.807) is 12.1 Å². The minimum atomic E-state index is -0.455. The van der Waals surface area contributed by atoms with Gasteiger partial charge in [-0.2, -0.15) is 0 Å². The second-order valence-electron chi connectivity index (χ2n) is 4.30. The molecule has 0 fully saturated rings. The van der Waals surface area contributed by atoms with Crippen LogP contribution in [0.15, 0.2) is 24.3 Å². The fourth-order valence-corrected chi connectivity index (χ4v) is 2.56. The number of thiazole rings is 1. The molecule has 6 nitrogen and oxygen atoms in total. The molecule has 1 amide bonds. The standard InChI is InChI=1S/C14H15N3O3S/c1-8-12(13(19)20-3)17-14(21-8)16-11-6-4-5-10(7-11)15-9(2)18/h4-7H,1-3H3,(H,15,18)(H,16,17). The Morgan fingerprint density at radius 3 is 2.67 bits per heavy atom. The Morgan fingerprint density at radius 1 is 1.29 bits per heavy atom. The van der Waals surface area contributed by atoms with Crippen molar-refractivity contribution >= 4 is 39.7 Å². The van der Waals surface area contributed by atoms with Gasteiger partial charge in [-0.3, -0.25) is 4.79 Å². The first-order valence-electron chi connectivity index (χ1n) is 6.20. The first-order valence-corrected chi connectivity index (χ1v) is 7.01. The van der Waals surface area contributed by atoms with Crippen LogP contribution in [0, 0.1) is 6.92 Å². The van der Waals surface area contributed by atoms with Gasteiger partial charge in [0.05, 0.1) is 7.11 Å². The zero-order chi connectivity index (χ0) is 15.4. The smallest absolute Gasteiger partial charge is 0.357 e. The number of benzene rings is 1. The molecule has 0 atom stereocenters. The SMILES string of the molecule is COC(=O)c1nc(Nc2cccc(NC(C)=O)c2)sc1C. The number of methoxy groups -OCH3 is 1. The molecule has 0 bridgehead atoms. The maximum atomic E-state index is 11.5. The fourth-order valence-electron chi connectivity index (χ4n) is 1.74. The molecule has 0 saturated carbocycles. The van der Waals surface area contributed by atoms with Crippen molar-refractivity contribution in [1.82, 2.24) is 4.98 Å². The summed E-state index contributed by atoms with van der Waals surface area (Å²) in [5.74, 6) is -0.589. The van der Waals surface area contributed by atoms with Crippen LogP contribution < -0.4 is 10.6 Å². The van der Waals surface area contributed by atoms with Crippen LogP contribution in [0.4, 0.5) is 16.5 Å². The fraction of sp³-hybridized carbons (Fsp3) is 0.214. The van der Waals surface area contributed by atoms with Crippen molar-refractivity contribution in [3.8, 4) is 0 Å². The lowest BCUT2D eigenvalue weighted by atomic mass is 10.3. The van der Waals surface area contributed by atoms with Gasteiger partial charge in [-0.05, 0) is 25.1 Å². The van der Waals surface area contributed by atoms with Gasteiger partial charge in [0.1, 0.15) is 0 Å². The third-order valence-electron chi connectivity index (χ3n) is 2.61. The Morgan fingerprint density at radius 2 is 2.00 bits per heavy atom. The van der Waals surface area contributed by atoms with Gasteiger partial charge in [0.2, 0.25) is 5.91 Å². The van der Waals surface area contributed by atoms with Crippen molar-refractivity contribution in [2.45, 2.75) is 13.8 Å². The largest absolute Gasteiger partial charge is 0.464 e.